The second kappa shape index (κ2) is 18.4. The van der Waals surface area contributed by atoms with E-state index in [4.69, 9.17) is 28.9 Å². The van der Waals surface area contributed by atoms with Gasteiger partial charge in [0, 0.05) is 42.1 Å². The average molecular weight is 888 g/mol. The summed E-state index contributed by atoms with van der Waals surface area (Å²) >= 11 is 0. The van der Waals surface area contributed by atoms with Crippen LogP contribution in [-0.2, 0) is 30.4 Å². The van der Waals surface area contributed by atoms with Gasteiger partial charge in [0.05, 0.1) is 49.6 Å². The molecular formula is C48H57N9O8. The number of carbonyl (C=O) groups excluding carboxylic acids is 4. The number of likely N-dealkylation sites (tertiary alicyclic amines) is 2. The third-order valence-electron chi connectivity index (χ3n) is 13.4. The van der Waals surface area contributed by atoms with Gasteiger partial charge >= 0.3 is 12.2 Å². The molecule has 3 aliphatic heterocycles. The first-order valence-electron chi connectivity index (χ1n) is 22.3. The number of nitrogens with one attached hydrogen (secondary N) is 4. The molecule has 2 saturated heterocycles. The van der Waals surface area contributed by atoms with E-state index >= 15 is 0 Å². The van der Waals surface area contributed by atoms with Crippen LogP contribution in [-0.4, -0.2) is 106 Å². The maximum Gasteiger partial charge on any atom is 0.407 e. The number of aromatic nitrogens is 4. The second-order valence-corrected chi connectivity index (χ2v) is 17.9. The Labute approximate surface area is 377 Å². The summed E-state index contributed by atoms with van der Waals surface area (Å²) in [7, 11) is 4.18. The quantitative estimate of drug-likeness (QED) is 0.0976. The number of amides is 4. The zero-order valence-electron chi connectivity index (χ0n) is 38.1. The molecule has 5 aromatic rings. The number of ether oxygens (including phenoxy) is 4. The molecule has 0 saturated carbocycles. The van der Waals surface area contributed by atoms with Crippen LogP contribution in [0.4, 0.5) is 9.59 Å². The fourth-order valence-corrected chi connectivity index (χ4v) is 9.77. The maximum atomic E-state index is 14.2. The molecule has 3 aliphatic rings. The number of hydrogen-bond donors (Lipinski definition) is 4. The molecule has 8 rings (SSSR count). The van der Waals surface area contributed by atoms with Crippen LogP contribution in [0.15, 0.2) is 42.5 Å². The van der Waals surface area contributed by atoms with E-state index in [0.29, 0.717) is 49.1 Å². The first-order valence-corrected chi connectivity index (χ1v) is 22.3. The first kappa shape index (κ1) is 44.9. The summed E-state index contributed by atoms with van der Waals surface area (Å²) in [6.45, 7) is 10.8. The molecule has 17 heteroatoms. The number of nitriles is 1. The third-order valence-corrected chi connectivity index (χ3v) is 13.4. The van der Waals surface area contributed by atoms with E-state index < -0.39 is 30.3 Å². The van der Waals surface area contributed by atoms with Crippen molar-refractivity contribution in [2.75, 3.05) is 34.5 Å². The highest BCUT2D eigenvalue weighted by atomic mass is 16.5. The normalized spacial score (nSPS) is 20.4. The summed E-state index contributed by atoms with van der Waals surface area (Å²) in [5.41, 5.74) is 5.96. The van der Waals surface area contributed by atoms with Gasteiger partial charge in [-0.15, -0.1) is 0 Å². The molecular weight excluding hydrogens is 831 g/mol. The lowest BCUT2D eigenvalue weighted by Crippen LogP contribution is -2.52. The van der Waals surface area contributed by atoms with E-state index in [9.17, 15) is 24.4 Å². The van der Waals surface area contributed by atoms with Crippen molar-refractivity contribution in [2.24, 2.45) is 17.8 Å². The molecule has 342 valence electrons. The van der Waals surface area contributed by atoms with E-state index in [0.717, 1.165) is 56.9 Å². The number of aromatic amines is 2. The SMILES string of the molecule is CC[C@H](C)[C@H](NC(=O)OC)C(=O)N1C[C@@H](COC)C[C@H]1c1nc(C#N)c(-c2ccc3c(c2)COc2cc4c(ccc5[nH]c([C@@H]6CC[C@H](C)N6C(=O)C(NC(=O)OC)C(C)C)nc54)cc2-3)[nH]1. The number of methoxy groups -OCH3 is 3. The Morgan fingerprint density at radius 2 is 1.65 bits per heavy atom. The molecule has 0 radical (unpaired) electrons. The Kier molecular flexibility index (Phi) is 12.7. The Hall–Kier alpha value is -6.67. The maximum absolute atomic E-state index is 14.2. The number of rotatable bonds is 12. The number of H-pyrrole nitrogens is 2. The van der Waals surface area contributed by atoms with Crippen molar-refractivity contribution in [1.82, 2.24) is 40.4 Å². The summed E-state index contributed by atoms with van der Waals surface area (Å²) < 4.78 is 21.6. The van der Waals surface area contributed by atoms with Crippen LogP contribution in [0, 0.1) is 29.1 Å². The fraction of sp³-hybridized carbons (Fsp3) is 0.479. The highest BCUT2D eigenvalue weighted by molar-refractivity contribution is 6.07. The molecule has 3 aromatic carbocycles. The number of fused-ring (bicyclic) bond motifs is 6. The second-order valence-electron chi connectivity index (χ2n) is 17.9. The predicted octanol–water partition coefficient (Wildman–Crippen LogP) is 7.28. The van der Waals surface area contributed by atoms with Crippen LogP contribution in [0.5, 0.6) is 5.75 Å². The predicted molar refractivity (Wildman–Crippen MR) is 241 cm³/mol. The number of imidazole rings is 2. The van der Waals surface area contributed by atoms with Crippen molar-refractivity contribution in [3.05, 3.63) is 65.4 Å². The average Bonchev–Trinajstić information content (AvgIpc) is 4.13. The zero-order chi connectivity index (χ0) is 46.3. The summed E-state index contributed by atoms with van der Waals surface area (Å²) in [6, 6.07) is 14.1. The summed E-state index contributed by atoms with van der Waals surface area (Å²) in [6.07, 6.45) is 1.41. The van der Waals surface area contributed by atoms with Crippen LogP contribution in [0.1, 0.15) is 95.3 Å². The van der Waals surface area contributed by atoms with Gasteiger partial charge in [0.25, 0.3) is 0 Å². The molecule has 1 unspecified atom stereocenters. The summed E-state index contributed by atoms with van der Waals surface area (Å²) in [5, 5.41) is 17.7. The van der Waals surface area contributed by atoms with Gasteiger partial charge in [-0.2, -0.15) is 5.26 Å². The molecule has 4 amide bonds. The Balaban J connectivity index is 1.08. The van der Waals surface area contributed by atoms with Crippen molar-refractivity contribution in [3.8, 4) is 34.2 Å². The van der Waals surface area contributed by atoms with Crippen molar-refractivity contribution in [1.29, 1.82) is 5.26 Å². The zero-order valence-corrected chi connectivity index (χ0v) is 38.1. The van der Waals surface area contributed by atoms with Crippen LogP contribution >= 0.6 is 0 Å². The molecule has 0 bridgehead atoms. The molecule has 0 aliphatic carbocycles. The van der Waals surface area contributed by atoms with Crippen molar-refractivity contribution >= 4 is 45.8 Å². The smallest absolute Gasteiger partial charge is 0.407 e. The molecule has 65 heavy (non-hydrogen) atoms. The minimum Gasteiger partial charge on any atom is -0.488 e. The Morgan fingerprint density at radius 3 is 2.34 bits per heavy atom. The molecule has 0 spiro atoms. The van der Waals surface area contributed by atoms with Gasteiger partial charge < -0.3 is 49.3 Å². The molecule has 2 aromatic heterocycles. The Bertz CT molecular complexity index is 2690. The van der Waals surface area contributed by atoms with Crippen molar-refractivity contribution in [3.63, 3.8) is 0 Å². The number of carbonyl (C=O) groups is 4. The van der Waals surface area contributed by atoms with Gasteiger partial charge in [-0.05, 0) is 78.8 Å². The van der Waals surface area contributed by atoms with Gasteiger partial charge in [-0.1, -0.05) is 52.3 Å². The van der Waals surface area contributed by atoms with Crippen LogP contribution in [0.25, 0.3) is 44.2 Å². The molecule has 5 heterocycles. The van der Waals surface area contributed by atoms with Crippen LogP contribution < -0.4 is 15.4 Å². The number of nitrogens with zero attached hydrogens (tertiary/aromatic N) is 5. The lowest BCUT2D eigenvalue weighted by molar-refractivity contribution is -0.137. The molecule has 17 nitrogen and oxygen atoms in total. The van der Waals surface area contributed by atoms with Crippen LogP contribution in [0.2, 0.25) is 0 Å². The number of alkyl carbamates (subject to hydrolysis) is 2. The molecule has 7 atom stereocenters. The largest absolute Gasteiger partial charge is 0.488 e. The fourth-order valence-electron chi connectivity index (χ4n) is 9.77. The van der Waals surface area contributed by atoms with Crippen LogP contribution in [0.3, 0.4) is 0 Å². The van der Waals surface area contributed by atoms with Gasteiger partial charge in [-0.25, -0.2) is 19.6 Å². The third kappa shape index (κ3) is 8.43. The minimum atomic E-state index is -0.810. The van der Waals surface area contributed by atoms with Crippen molar-refractivity contribution < 1.29 is 38.1 Å². The lowest BCUT2D eigenvalue weighted by atomic mass is 9.92. The minimum absolute atomic E-state index is 0.0185. The van der Waals surface area contributed by atoms with Gasteiger partial charge in [0.1, 0.15) is 42.2 Å². The van der Waals surface area contributed by atoms with E-state index in [1.165, 1.54) is 14.2 Å². The van der Waals surface area contributed by atoms with Crippen molar-refractivity contribution in [2.45, 2.75) is 97.1 Å². The topological polar surface area (TPSA) is 217 Å². The summed E-state index contributed by atoms with van der Waals surface area (Å²) in [4.78, 5) is 73.1. The first-order chi connectivity index (χ1) is 31.3. The molecule has 2 fully saturated rings. The van der Waals surface area contributed by atoms with E-state index in [1.807, 2.05) is 75.9 Å². The highest BCUT2D eigenvalue weighted by Crippen LogP contribution is 2.44. The van der Waals surface area contributed by atoms with E-state index in [2.05, 4.69) is 32.7 Å². The van der Waals surface area contributed by atoms with Gasteiger partial charge in [0.15, 0.2) is 5.69 Å². The monoisotopic (exact) mass is 887 g/mol. The number of hydrogen-bond acceptors (Lipinski definition) is 11. The summed E-state index contributed by atoms with van der Waals surface area (Å²) in [5.74, 6) is 1.17. The lowest BCUT2D eigenvalue weighted by Gasteiger charge is -2.32. The van der Waals surface area contributed by atoms with Gasteiger partial charge in [0.2, 0.25) is 11.8 Å². The standard InChI is InChI=1S/C48H57N9O8/c1-9-25(4)40(55-48(61)64-8)45(58)56-21-27(22-62-6)16-37(56)44-51-35(20-49)41(52-44)29-11-13-31-30(17-29)23-65-38-19-32-28(18-33(31)38)12-14-34-42(32)53-43(50-34)36-15-10-26(5)57(36)46(59)39(24(2)3)54-47(60)63-7/h11-14,17-19,24-27,36-37,39-40H,9-10,15-16,21-23H2,1-8H3,(H,50,53)(H,51,52)(H,54,60)(H,55,61)/t25-,26-,27-,36-,37-,39?,40-/m0/s1. The molecule has 4 N–H and O–H groups in total. The van der Waals surface area contributed by atoms with E-state index in [-0.39, 0.29) is 54.0 Å². The highest BCUT2D eigenvalue weighted by Gasteiger charge is 2.43. The number of benzene rings is 3. The van der Waals surface area contributed by atoms with E-state index in [1.54, 1.807) is 12.0 Å². The van der Waals surface area contributed by atoms with Gasteiger partial charge in [-0.3, -0.25) is 9.59 Å². The Morgan fingerprint density at radius 1 is 0.908 bits per heavy atom.